The fraction of sp³-hybridized carbons (Fsp3) is 0.158. The van der Waals surface area contributed by atoms with Gasteiger partial charge in [-0.1, -0.05) is 24.3 Å². The summed E-state index contributed by atoms with van der Waals surface area (Å²) in [6.45, 7) is 9.34. The Morgan fingerprint density at radius 2 is 2.12 bits per heavy atom. The summed E-state index contributed by atoms with van der Waals surface area (Å²) in [5.41, 5.74) is 2.48. The normalized spacial score (nSPS) is 10.5. The van der Waals surface area contributed by atoms with Crippen molar-refractivity contribution >= 4 is 27.4 Å². The van der Waals surface area contributed by atoms with E-state index >= 15 is 0 Å². The van der Waals surface area contributed by atoms with Crippen LogP contribution >= 0.6 is 15.9 Å². The fourth-order valence-electron chi connectivity index (χ4n) is 2.64. The molecule has 3 rings (SSSR count). The standard InChI is InChI=1S/C19H15BrN4O2/c1-13-17(18(25)12-23-11-15(20)6-7-19(23)26)9-22-24(13)10-14-4-3-5-16(8-14)21-2/h3-9,11H,10,12H2,1H3. The molecule has 1 aromatic carbocycles. The van der Waals surface area contributed by atoms with E-state index in [1.807, 2.05) is 19.1 Å². The van der Waals surface area contributed by atoms with Gasteiger partial charge in [-0.3, -0.25) is 14.3 Å². The topological polar surface area (TPSA) is 61.2 Å². The van der Waals surface area contributed by atoms with Crippen LogP contribution in [-0.2, 0) is 13.1 Å². The highest BCUT2D eigenvalue weighted by molar-refractivity contribution is 9.10. The number of carbonyl (C=O) groups excluding carboxylic acids is 1. The summed E-state index contributed by atoms with van der Waals surface area (Å²) < 4.78 is 3.82. The smallest absolute Gasteiger partial charge is 0.251 e. The molecule has 0 unspecified atom stereocenters. The minimum atomic E-state index is -0.234. The van der Waals surface area contributed by atoms with Crippen LogP contribution in [0.1, 0.15) is 21.6 Å². The van der Waals surface area contributed by atoms with Crippen molar-refractivity contribution in [1.82, 2.24) is 14.3 Å². The summed E-state index contributed by atoms with van der Waals surface area (Å²) in [5, 5.41) is 4.29. The number of halogens is 1. The Labute approximate surface area is 158 Å². The van der Waals surface area contributed by atoms with E-state index in [0.717, 1.165) is 15.7 Å². The molecule has 3 aromatic rings. The molecule has 0 saturated heterocycles. The molecule has 0 fully saturated rings. The van der Waals surface area contributed by atoms with Crippen molar-refractivity contribution in [3.8, 4) is 0 Å². The predicted molar refractivity (Wildman–Crippen MR) is 102 cm³/mol. The molecule has 0 aliphatic carbocycles. The van der Waals surface area contributed by atoms with Crippen molar-refractivity contribution in [3.05, 3.63) is 91.9 Å². The third-order valence-electron chi connectivity index (χ3n) is 4.04. The Morgan fingerprint density at radius 1 is 1.31 bits per heavy atom. The van der Waals surface area contributed by atoms with Crippen LogP contribution < -0.4 is 5.56 Å². The number of benzene rings is 1. The quantitative estimate of drug-likeness (QED) is 0.476. The average molecular weight is 411 g/mol. The van der Waals surface area contributed by atoms with Gasteiger partial charge in [0.25, 0.3) is 5.56 Å². The zero-order chi connectivity index (χ0) is 18.7. The summed E-state index contributed by atoms with van der Waals surface area (Å²) >= 11 is 3.30. The summed E-state index contributed by atoms with van der Waals surface area (Å²) in [6, 6.07) is 10.3. The van der Waals surface area contributed by atoms with E-state index in [1.54, 1.807) is 29.1 Å². The van der Waals surface area contributed by atoms with Crippen LogP contribution in [0.25, 0.3) is 4.85 Å². The lowest BCUT2D eigenvalue weighted by Crippen LogP contribution is -2.23. The van der Waals surface area contributed by atoms with Gasteiger partial charge in [0.05, 0.1) is 31.4 Å². The molecule has 6 nitrogen and oxygen atoms in total. The van der Waals surface area contributed by atoms with Crippen LogP contribution in [0.5, 0.6) is 0 Å². The molecule has 0 amide bonds. The lowest BCUT2D eigenvalue weighted by molar-refractivity contribution is 0.0970. The van der Waals surface area contributed by atoms with Crippen molar-refractivity contribution in [1.29, 1.82) is 0 Å². The number of pyridine rings is 1. The minimum absolute atomic E-state index is 0.0436. The van der Waals surface area contributed by atoms with E-state index in [-0.39, 0.29) is 17.9 Å². The molecule has 0 saturated carbocycles. The zero-order valence-corrected chi connectivity index (χ0v) is 15.6. The van der Waals surface area contributed by atoms with E-state index in [0.29, 0.717) is 17.8 Å². The van der Waals surface area contributed by atoms with Gasteiger partial charge in [-0.15, -0.1) is 0 Å². The minimum Gasteiger partial charge on any atom is -0.307 e. The third-order valence-corrected chi connectivity index (χ3v) is 4.51. The Hall–Kier alpha value is -2.98. The first-order chi connectivity index (χ1) is 12.5. The van der Waals surface area contributed by atoms with Gasteiger partial charge >= 0.3 is 0 Å². The van der Waals surface area contributed by atoms with Crippen LogP contribution in [0.3, 0.4) is 0 Å². The largest absolute Gasteiger partial charge is 0.307 e. The van der Waals surface area contributed by atoms with Crippen LogP contribution in [0.15, 0.2) is 58.1 Å². The van der Waals surface area contributed by atoms with E-state index in [4.69, 9.17) is 6.57 Å². The predicted octanol–water partition coefficient (Wildman–Crippen LogP) is 3.60. The molecular weight excluding hydrogens is 396 g/mol. The van der Waals surface area contributed by atoms with Gasteiger partial charge in [-0.2, -0.15) is 5.10 Å². The Kier molecular flexibility index (Phi) is 5.14. The van der Waals surface area contributed by atoms with Gasteiger partial charge in [0.1, 0.15) is 0 Å². The molecule has 0 spiro atoms. The number of nitrogens with zero attached hydrogens (tertiary/aromatic N) is 4. The average Bonchev–Trinajstić information content (AvgIpc) is 2.99. The second kappa shape index (κ2) is 7.50. The van der Waals surface area contributed by atoms with Crippen molar-refractivity contribution < 1.29 is 4.79 Å². The molecule has 0 N–H and O–H groups in total. The highest BCUT2D eigenvalue weighted by Crippen LogP contribution is 2.17. The first kappa shape index (κ1) is 17.8. The summed E-state index contributed by atoms with van der Waals surface area (Å²) in [5.74, 6) is -0.177. The van der Waals surface area contributed by atoms with Crippen molar-refractivity contribution in [2.24, 2.45) is 0 Å². The van der Waals surface area contributed by atoms with Gasteiger partial charge in [0.2, 0.25) is 0 Å². The summed E-state index contributed by atoms with van der Waals surface area (Å²) in [4.78, 5) is 27.9. The van der Waals surface area contributed by atoms with E-state index in [2.05, 4.69) is 25.9 Å². The summed E-state index contributed by atoms with van der Waals surface area (Å²) in [6.07, 6.45) is 3.12. The molecule has 2 aromatic heterocycles. The van der Waals surface area contributed by atoms with Gasteiger partial charge in [-0.25, -0.2) is 4.85 Å². The first-order valence-electron chi connectivity index (χ1n) is 7.86. The SMILES string of the molecule is [C-]#[N+]c1cccc(Cn2ncc(C(=O)Cn3cc(Br)ccc3=O)c2C)c1. The van der Waals surface area contributed by atoms with Crippen LogP contribution in [0, 0.1) is 13.5 Å². The second-order valence-electron chi connectivity index (χ2n) is 5.82. The maximum Gasteiger partial charge on any atom is 0.251 e. The number of rotatable bonds is 5. The molecule has 7 heteroatoms. The lowest BCUT2D eigenvalue weighted by Gasteiger charge is -2.07. The molecule has 0 bridgehead atoms. The number of Topliss-reactive ketones (excluding diaryl/α,β-unsaturated/α-hetero) is 1. The Morgan fingerprint density at radius 3 is 2.88 bits per heavy atom. The monoisotopic (exact) mass is 410 g/mol. The van der Waals surface area contributed by atoms with Crippen LogP contribution in [-0.4, -0.2) is 20.1 Å². The van der Waals surface area contributed by atoms with Crippen LogP contribution in [0.2, 0.25) is 0 Å². The maximum absolute atomic E-state index is 12.6. The van der Waals surface area contributed by atoms with E-state index in [1.165, 1.54) is 16.8 Å². The number of ketones is 1. The molecule has 0 aliphatic heterocycles. The zero-order valence-electron chi connectivity index (χ0n) is 14.0. The highest BCUT2D eigenvalue weighted by atomic mass is 79.9. The maximum atomic E-state index is 12.6. The molecule has 0 atom stereocenters. The third kappa shape index (κ3) is 3.81. The van der Waals surface area contributed by atoms with Gasteiger partial charge in [-0.05, 0) is 34.5 Å². The van der Waals surface area contributed by atoms with Crippen molar-refractivity contribution in [3.63, 3.8) is 0 Å². The lowest BCUT2D eigenvalue weighted by atomic mass is 10.1. The molecule has 130 valence electrons. The highest BCUT2D eigenvalue weighted by Gasteiger charge is 2.15. The van der Waals surface area contributed by atoms with Gasteiger partial charge < -0.3 is 4.57 Å². The molecule has 2 heterocycles. The first-order valence-corrected chi connectivity index (χ1v) is 8.65. The van der Waals surface area contributed by atoms with Crippen molar-refractivity contribution in [2.45, 2.75) is 20.0 Å². The molecule has 26 heavy (non-hydrogen) atoms. The summed E-state index contributed by atoms with van der Waals surface area (Å²) in [7, 11) is 0. The Balaban J connectivity index is 1.82. The molecule has 0 aliphatic rings. The van der Waals surface area contributed by atoms with Gasteiger partial charge in [0, 0.05) is 22.4 Å². The Bertz CT molecular complexity index is 1080. The van der Waals surface area contributed by atoms with E-state index in [9.17, 15) is 9.59 Å². The fourth-order valence-corrected chi connectivity index (χ4v) is 3.02. The van der Waals surface area contributed by atoms with Gasteiger partial charge in [0.15, 0.2) is 11.5 Å². The number of hydrogen-bond donors (Lipinski definition) is 0. The number of hydrogen-bond acceptors (Lipinski definition) is 3. The molecular formula is C19H15BrN4O2. The number of aromatic nitrogens is 3. The van der Waals surface area contributed by atoms with E-state index < -0.39 is 0 Å². The second-order valence-corrected chi connectivity index (χ2v) is 6.74. The van der Waals surface area contributed by atoms with Crippen LogP contribution in [0.4, 0.5) is 5.69 Å². The molecule has 0 radical (unpaired) electrons. The number of carbonyl (C=O) groups is 1. The van der Waals surface area contributed by atoms with Crippen molar-refractivity contribution in [2.75, 3.05) is 0 Å².